The van der Waals surface area contributed by atoms with E-state index in [1.165, 1.54) is 14.7 Å². The number of hydrogen-bond donors (Lipinski definition) is 0. The first kappa shape index (κ1) is 24.9. The zero-order valence-electron chi connectivity index (χ0n) is 21.2. The van der Waals surface area contributed by atoms with Crippen molar-refractivity contribution in [3.8, 4) is 5.75 Å². The molecule has 1 atom stereocenters. The number of benzene rings is 4. The van der Waals surface area contributed by atoms with Crippen LogP contribution in [0.3, 0.4) is 0 Å². The monoisotopic (exact) mass is 507 g/mol. The van der Waals surface area contributed by atoms with E-state index in [2.05, 4.69) is 66.7 Å². The molecule has 5 rings (SSSR count). The van der Waals surface area contributed by atoms with Crippen molar-refractivity contribution in [2.45, 2.75) is 47.0 Å². The van der Waals surface area contributed by atoms with Crippen LogP contribution in [-0.4, -0.2) is 12.6 Å². The largest absolute Gasteiger partial charge is 0.481 e. The van der Waals surface area contributed by atoms with Crippen LogP contribution in [0.5, 0.6) is 5.75 Å². The minimum atomic E-state index is -0.713. The number of hydrogen-bond acceptors (Lipinski definition) is 3. The third kappa shape index (κ3) is 5.50. The number of aryl methyl sites for hydroxylation is 2. The highest BCUT2D eigenvalue weighted by Crippen LogP contribution is 2.38. The Bertz CT molecular complexity index is 1320. The molecule has 0 N–H and O–H groups in total. The van der Waals surface area contributed by atoms with E-state index in [4.69, 9.17) is 9.47 Å². The average molecular weight is 508 g/mol. The quantitative estimate of drug-likeness (QED) is 0.140. The highest BCUT2D eigenvalue weighted by molar-refractivity contribution is 7.97. The topological polar surface area (TPSA) is 35.5 Å². The van der Waals surface area contributed by atoms with Gasteiger partial charge in [0.25, 0.3) is 0 Å². The Hall–Kier alpha value is -3.76. The third-order valence-electron chi connectivity index (χ3n) is 6.59. The lowest BCUT2D eigenvalue weighted by Crippen LogP contribution is -2.31. The summed E-state index contributed by atoms with van der Waals surface area (Å²) in [5.74, 6) is 0.368. The fourth-order valence-corrected chi connectivity index (χ4v) is 7.17. The summed E-state index contributed by atoms with van der Waals surface area (Å²) in [4.78, 5) is 16.7. The van der Waals surface area contributed by atoms with Crippen LogP contribution in [0.25, 0.3) is 0 Å². The maximum atomic E-state index is 12.9. The van der Waals surface area contributed by atoms with Gasteiger partial charge in [-0.3, -0.25) is 0 Å². The van der Waals surface area contributed by atoms with Crippen LogP contribution in [0.1, 0.15) is 29.5 Å². The second-order valence-corrected chi connectivity index (χ2v) is 11.3. The molecule has 0 amide bonds. The van der Waals surface area contributed by atoms with Crippen molar-refractivity contribution in [3.63, 3.8) is 0 Å². The standard InChI is InChI=1S/C33H31O3S/c1-25-22-30(37(28-16-8-4-9-17-28)29-18-10-5-11-19-29)23-26(2)32(25)35-24-31(34)36-33(20-12-13-21-33)27-14-6-3-7-15-27/h3-12,14-20,22-23H,13,21,24H2,1-2H3/q+1. The van der Waals surface area contributed by atoms with E-state index in [0.29, 0.717) is 0 Å². The van der Waals surface area contributed by atoms with Crippen molar-refractivity contribution in [3.05, 3.63) is 132 Å². The summed E-state index contributed by atoms with van der Waals surface area (Å²) in [6.45, 7) is 3.95. The molecule has 1 unspecified atom stereocenters. The Morgan fingerprint density at radius 2 is 1.32 bits per heavy atom. The van der Waals surface area contributed by atoms with Gasteiger partial charge < -0.3 is 9.47 Å². The molecule has 0 fully saturated rings. The molecule has 3 nitrogen and oxygen atoms in total. The van der Waals surface area contributed by atoms with Gasteiger partial charge in [-0.25, -0.2) is 4.79 Å². The highest BCUT2D eigenvalue weighted by Gasteiger charge is 2.36. The van der Waals surface area contributed by atoms with Crippen LogP contribution < -0.4 is 4.74 Å². The van der Waals surface area contributed by atoms with Crippen LogP contribution >= 0.6 is 0 Å². The lowest BCUT2D eigenvalue weighted by atomic mass is 9.93. The van der Waals surface area contributed by atoms with Crippen molar-refractivity contribution >= 4 is 16.9 Å². The van der Waals surface area contributed by atoms with Crippen molar-refractivity contribution in [2.24, 2.45) is 0 Å². The molecule has 4 aromatic rings. The van der Waals surface area contributed by atoms with Gasteiger partial charge >= 0.3 is 5.97 Å². The molecule has 4 heteroatoms. The normalized spacial score (nSPS) is 16.6. The maximum Gasteiger partial charge on any atom is 0.345 e. The lowest BCUT2D eigenvalue weighted by molar-refractivity contribution is -0.158. The maximum absolute atomic E-state index is 12.9. The number of ether oxygens (including phenoxy) is 2. The minimum Gasteiger partial charge on any atom is -0.481 e. The van der Waals surface area contributed by atoms with Gasteiger partial charge in [-0.1, -0.05) is 72.8 Å². The molecule has 4 aromatic carbocycles. The molecule has 0 saturated heterocycles. The molecule has 0 saturated carbocycles. The van der Waals surface area contributed by atoms with E-state index in [0.717, 1.165) is 35.3 Å². The first-order valence-electron chi connectivity index (χ1n) is 12.6. The highest BCUT2D eigenvalue weighted by atomic mass is 32.2. The predicted molar refractivity (Wildman–Crippen MR) is 149 cm³/mol. The summed E-state index contributed by atoms with van der Waals surface area (Å²) in [5, 5.41) is 0. The van der Waals surface area contributed by atoms with Gasteiger partial charge in [0.2, 0.25) is 0 Å². The molecular formula is C33H31O3S+. The van der Waals surface area contributed by atoms with Crippen LogP contribution in [0.4, 0.5) is 0 Å². The Morgan fingerprint density at radius 1 is 0.784 bits per heavy atom. The van der Waals surface area contributed by atoms with Gasteiger partial charge in [0.05, 0.1) is 10.9 Å². The summed E-state index contributed by atoms with van der Waals surface area (Å²) in [6.07, 6.45) is 5.70. The van der Waals surface area contributed by atoms with Crippen LogP contribution in [-0.2, 0) is 26.0 Å². The second kappa shape index (κ2) is 11.1. The van der Waals surface area contributed by atoms with E-state index in [9.17, 15) is 4.79 Å². The summed E-state index contributed by atoms with van der Waals surface area (Å²) >= 11 is 0. The molecule has 0 heterocycles. The van der Waals surface area contributed by atoms with E-state index >= 15 is 0 Å². The van der Waals surface area contributed by atoms with E-state index in [-0.39, 0.29) is 23.5 Å². The first-order valence-corrected chi connectivity index (χ1v) is 13.8. The van der Waals surface area contributed by atoms with Gasteiger partial charge in [-0.15, -0.1) is 0 Å². The summed E-state index contributed by atoms with van der Waals surface area (Å²) in [6, 6.07) is 35.5. The van der Waals surface area contributed by atoms with E-state index < -0.39 is 5.60 Å². The smallest absolute Gasteiger partial charge is 0.345 e. The van der Waals surface area contributed by atoms with Crippen molar-refractivity contribution < 1.29 is 14.3 Å². The average Bonchev–Trinajstić information content (AvgIpc) is 3.40. The molecular weight excluding hydrogens is 476 g/mol. The molecule has 1 aliphatic carbocycles. The molecule has 0 radical (unpaired) electrons. The molecule has 1 aliphatic rings. The predicted octanol–water partition coefficient (Wildman–Crippen LogP) is 7.57. The summed E-state index contributed by atoms with van der Waals surface area (Å²) in [7, 11) is -0.241. The number of carbonyl (C=O) groups excluding carboxylic acids is 1. The second-order valence-electron chi connectivity index (χ2n) is 9.28. The number of carbonyl (C=O) groups is 1. The minimum absolute atomic E-state index is 0.132. The molecule has 0 aliphatic heterocycles. The zero-order chi connectivity index (χ0) is 25.7. The van der Waals surface area contributed by atoms with Crippen molar-refractivity contribution in [2.75, 3.05) is 6.61 Å². The lowest BCUT2D eigenvalue weighted by Gasteiger charge is -2.28. The van der Waals surface area contributed by atoms with Crippen LogP contribution in [0.2, 0.25) is 0 Å². The SMILES string of the molecule is Cc1cc([S+](c2ccccc2)c2ccccc2)cc(C)c1OCC(=O)OC1(c2ccccc2)C=CCC1. The molecule has 0 aromatic heterocycles. The fourth-order valence-electron chi connectivity index (χ4n) is 4.90. The van der Waals surface area contributed by atoms with Gasteiger partial charge in [-0.2, -0.15) is 0 Å². The number of esters is 1. The van der Waals surface area contributed by atoms with Gasteiger partial charge in [0.15, 0.2) is 26.9 Å². The fraction of sp³-hybridized carbons (Fsp3) is 0.182. The van der Waals surface area contributed by atoms with Crippen LogP contribution in [0.15, 0.2) is 130 Å². The Labute approximate surface area is 222 Å². The molecule has 0 bridgehead atoms. The van der Waals surface area contributed by atoms with Gasteiger partial charge in [-0.05, 0) is 73.7 Å². The third-order valence-corrected chi connectivity index (χ3v) is 8.78. The zero-order valence-corrected chi connectivity index (χ0v) is 22.0. The first-order chi connectivity index (χ1) is 18.1. The Balaban J connectivity index is 1.36. The van der Waals surface area contributed by atoms with E-state index in [1.54, 1.807) is 0 Å². The van der Waals surface area contributed by atoms with Gasteiger partial charge in [0, 0.05) is 12.1 Å². The molecule has 186 valence electrons. The number of rotatable bonds is 8. The van der Waals surface area contributed by atoms with Crippen molar-refractivity contribution in [1.29, 1.82) is 0 Å². The Kier molecular flexibility index (Phi) is 7.47. The molecule has 37 heavy (non-hydrogen) atoms. The van der Waals surface area contributed by atoms with E-state index in [1.807, 2.05) is 62.4 Å². The van der Waals surface area contributed by atoms with Crippen LogP contribution in [0, 0.1) is 13.8 Å². The summed E-state index contributed by atoms with van der Waals surface area (Å²) in [5.41, 5.74) is 2.29. The van der Waals surface area contributed by atoms with Crippen molar-refractivity contribution in [1.82, 2.24) is 0 Å². The number of allylic oxidation sites excluding steroid dienone is 1. The summed E-state index contributed by atoms with van der Waals surface area (Å²) < 4.78 is 12.1. The Morgan fingerprint density at radius 3 is 1.84 bits per heavy atom. The van der Waals surface area contributed by atoms with Gasteiger partial charge in [0.1, 0.15) is 5.75 Å². The molecule has 0 spiro atoms.